The van der Waals surface area contributed by atoms with Crippen molar-refractivity contribution >= 4 is 11.8 Å². The number of nitrogens with zero attached hydrogens (tertiary/aromatic N) is 1. The first-order chi connectivity index (χ1) is 6.15. The summed E-state index contributed by atoms with van der Waals surface area (Å²) in [4.78, 5) is 12.0. The van der Waals surface area contributed by atoms with E-state index in [0.717, 1.165) is 11.3 Å². The van der Waals surface area contributed by atoms with Crippen LogP contribution in [0.2, 0.25) is 0 Å². The van der Waals surface area contributed by atoms with Crippen LogP contribution in [-0.2, 0) is 0 Å². The van der Waals surface area contributed by atoms with Crippen molar-refractivity contribution in [2.45, 2.75) is 13.8 Å². The maximum absolute atomic E-state index is 10.7. The lowest BCUT2D eigenvalue weighted by atomic mass is 10.2. The van der Waals surface area contributed by atoms with E-state index in [1.807, 2.05) is 38.1 Å². The zero-order valence-corrected chi connectivity index (χ0v) is 7.82. The second kappa shape index (κ2) is 3.94. The molecule has 1 rings (SSSR count). The minimum absolute atomic E-state index is 0.471. The summed E-state index contributed by atoms with van der Waals surface area (Å²) >= 11 is 0. The van der Waals surface area contributed by atoms with Gasteiger partial charge in [0.2, 0.25) is 0 Å². The standard InChI is InChI=1S/C10H13NO2/c1-3-11(10(12)13)9-6-4-8(2)5-7-9/h4-7H,3H2,1-2H3,(H,12,13). The van der Waals surface area contributed by atoms with Gasteiger partial charge in [0, 0.05) is 12.2 Å². The van der Waals surface area contributed by atoms with E-state index in [9.17, 15) is 4.79 Å². The van der Waals surface area contributed by atoms with Crippen LogP contribution in [0.3, 0.4) is 0 Å². The Bertz CT molecular complexity index is 292. The van der Waals surface area contributed by atoms with Gasteiger partial charge in [-0.2, -0.15) is 0 Å². The number of aryl methyl sites for hydroxylation is 1. The fraction of sp³-hybridized carbons (Fsp3) is 0.300. The molecule has 3 heteroatoms. The predicted molar refractivity (Wildman–Crippen MR) is 52.2 cm³/mol. The monoisotopic (exact) mass is 179 g/mol. The highest BCUT2D eigenvalue weighted by Crippen LogP contribution is 2.14. The molecule has 0 fully saturated rings. The maximum atomic E-state index is 10.7. The summed E-state index contributed by atoms with van der Waals surface area (Å²) in [6, 6.07) is 7.43. The molecule has 0 aliphatic carbocycles. The smallest absolute Gasteiger partial charge is 0.411 e. The first-order valence-electron chi connectivity index (χ1n) is 4.22. The lowest BCUT2D eigenvalue weighted by molar-refractivity contribution is 0.202. The Morgan fingerprint density at radius 3 is 2.31 bits per heavy atom. The number of rotatable bonds is 2. The van der Waals surface area contributed by atoms with Gasteiger partial charge in [0.1, 0.15) is 0 Å². The molecular weight excluding hydrogens is 166 g/mol. The summed E-state index contributed by atoms with van der Waals surface area (Å²) in [6.07, 6.45) is -0.911. The molecule has 0 heterocycles. The Kier molecular flexibility index (Phi) is 2.90. The Hall–Kier alpha value is -1.51. The fourth-order valence-electron chi connectivity index (χ4n) is 1.15. The molecule has 70 valence electrons. The summed E-state index contributed by atoms with van der Waals surface area (Å²) in [5, 5.41) is 8.82. The van der Waals surface area contributed by atoms with E-state index >= 15 is 0 Å². The molecular formula is C10H13NO2. The second-order valence-electron chi connectivity index (χ2n) is 2.86. The lowest BCUT2D eigenvalue weighted by Crippen LogP contribution is -2.28. The predicted octanol–water partition coefficient (Wildman–Crippen LogP) is 2.50. The van der Waals surface area contributed by atoms with Gasteiger partial charge in [0.05, 0.1) is 0 Å². The van der Waals surface area contributed by atoms with Gasteiger partial charge in [0.25, 0.3) is 0 Å². The van der Waals surface area contributed by atoms with Crippen molar-refractivity contribution in [1.82, 2.24) is 0 Å². The number of carboxylic acid groups (broad SMARTS) is 1. The first kappa shape index (κ1) is 9.58. The number of hydrogen-bond donors (Lipinski definition) is 1. The van der Waals surface area contributed by atoms with Gasteiger partial charge in [-0.1, -0.05) is 17.7 Å². The van der Waals surface area contributed by atoms with Gasteiger partial charge in [-0.3, -0.25) is 4.90 Å². The van der Waals surface area contributed by atoms with E-state index in [2.05, 4.69) is 0 Å². The Labute approximate surface area is 77.6 Å². The van der Waals surface area contributed by atoms with E-state index in [1.54, 1.807) is 0 Å². The van der Waals surface area contributed by atoms with Crippen LogP contribution in [0.25, 0.3) is 0 Å². The molecule has 3 nitrogen and oxygen atoms in total. The molecule has 1 amide bonds. The average Bonchev–Trinajstić information content (AvgIpc) is 2.09. The number of hydrogen-bond acceptors (Lipinski definition) is 1. The van der Waals surface area contributed by atoms with Crippen LogP contribution in [0.1, 0.15) is 12.5 Å². The third kappa shape index (κ3) is 2.21. The third-order valence-corrected chi connectivity index (χ3v) is 1.89. The van der Waals surface area contributed by atoms with Crippen molar-refractivity contribution in [1.29, 1.82) is 0 Å². The molecule has 0 aromatic heterocycles. The van der Waals surface area contributed by atoms with E-state index in [-0.39, 0.29) is 0 Å². The van der Waals surface area contributed by atoms with Crippen molar-refractivity contribution in [3.63, 3.8) is 0 Å². The van der Waals surface area contributed by atoms with E-state index in [1.165, 1.54) is 4.90 Å². The number of anilines is 1. The van der Waals surface area contributed by atoms with E-state index < -0.39 is 6.09 Å². The van der Waals surface area contributed by atoms with E-state index in [0.29, 0.717) is 6.54 Å². The van der Waals surface area contributed by atoms with Crippen molar-refractivity contribution in [2.75, 3.05) is 11.4 Å². The number of carbonyl (C=O) groups is 1. The van der Waals surface area contributed by atoms with Gasteiger partial charge in [-0.15, -0.1) is 0 Å². The summed E-state index contributed by atoms with van der Waals surface area (Å²) in [5.41, 5.74) is 1.85. The maximum Gasteiger partial charge on any atom is 0.411 e. The Balaban J connectivity index is 2.92. The highest BCUT2D eigenvalue weighted by atomic mass is 16.4. The van der Waals surface area contributed by atoms with Gasteiger partial charge in [-0.25, -0.2) is 4.79 Å². The van der Waals surface area contributed by atoms with Crippen LogP contribution in [0.4, 0.5) is 10.5 Å². The number of benzene rings is 1. The second-order valence-corrected chi connectivity index (χ2v) is 2.86. The van der Waals surface area contributed by atoms with Crippen LogP contribution >= 0.6 is 0 Å². The summed E-state index contributed by atoms with van der Waals surface area (Å²) in [5.74, 6) is 0. The first-order valence-corrected chi connectivity index (χ1v) is 4.22. The van der Waals surface area contributed by atoms with Gasteiger partial charge < -0.3 is 5.11 Å². The molecule has 0 unspecified atom stereocenters. The molecule has 0 atom stereocenters. The van der Waals surface area contributed by atoms with Crippen molar-refractivity contribution in [3.8, 4) is 0 Å². The molecule has 0 saturated heterocycles. The van der Waals surface area contributed by atoms with E-state index in [4.69, 9.17) is 5.11 Å². The molecule has 0 saturated carbocycles. The summed E-state index contributed by atoms with van der Waals surface area (Å²) < 4.78 is 0. The van der Waals surface area contributed by atoms with Gasteiger partial charge >= 0.3 is 6.09 Å². The molecule has 0 aliphatic rings. The molecule has 0 aliphatic heterocycles. The zero-order valence-electron chi connectivity index (χ0n) is 7.82. The highest BCUT2D eigenvalue weighted by molar-refractivity contribution is 5.85. The quantitative estimate of drug-likeness (QED) is 0.757. The molecule has 1 aromatic rings. The van der Waals surface area contributed by atoms with Crippen LogP contribution in [-0.4, -0.2) is 17.7 Å². The third-order valence-electron chi connectivity index (χ3n) is 1.89. The normalized spacial score (nSPS) is 9.69. The minimum atomic E-state index is -0.911. The molecule has 1 N–H and O–H groups in total. The van der Waals surface area contributed by atoms with Gasteiger partial charge in [0.15, 0.2) is 0 Å². The van der Waals surface area contributed by atoms with Crippen molar-refractivity contribution < 1.29 is 9.90 Å². The number of amides is 1. The van der Waals surface area contributed by atoms with Crippen molar-refractivity contribution in [2.24, 2.45) is 0 Å². The molecule has 1 aromatic carbocycles. The zero-order chi connectivity index (χ0) is 9.84. The minimum Gasteiger partial charge on any atom is -0.465 e. The Morgan fingerprint density at radius 1 is 1.38 bits per heavy atom. The summed E-state index contributed by atoms with van der Waals surface area (Å²) in [6.45, 7) is 4.26. The van der Waals surface area contributed by atoms with Crippen LogP contribution < -0.4 is 4.90 Å². The van der Waals surface area contributed by atoms with Gasteiger partial charge in [-0.05, 0) is 26.0 Å². The highest BCUT2D eigenvalue weighted by Gasteiger charge is 2.10. The van der Waals surface area contributed by atoms with Crippen LogP contribution in [0.5, 0.6) is 0 Å². The molecule has 13 heavy (non-hydrogen) atoms. The Morgan fingerprint density at radius 2 is 1.92 bits per heavy atom. The largest absolute Gasteiger partial charge is 0.465 e. The lowest BCUT2D eigenvalue weighted by Gasteiger charge is -2.16. The van der Waals surface area contributed by atoms with Crippen molar-refractivity contribution in [3.05, 3.63) is 29.8 Å². The molecule has 0 bridgehead atoms. The van der Waals surface area contributed by atoms with Crippen LogP contribution in [0.15, 0.2) is 24.3 Å². The topological polar surface area (TPSA) is 40.5 Å². The molecule has 0 spiro atoms. The molecule has 0 radical (unpaired) electrons. The van der Waals surface area contributed by atoms with Crippen LogP contribution in [0, 0.1) is 6.92 Å². The summed E-state index contributed by atoms with van der Waals surface area (Å²) in [7, 11) is 0. The average molecular weight is 179 g/mol. The SMILES string of the molecule is CCN(C(=O)O)c1ccc(C)cc1. The fourth-order valence-corrected chi connectivity index (χ4v) is 1.15.